The van der Waals surface area contributed by atoms with Gasteiger partial charge in [0.1, 0.15) is 21.5 Å². The van der Waals surface area contributed by atoms with Crippen LogP contribution in [-0.4, -0.2) is 44.3 Å². The number of likely N-dealkylation sites (tertiary alicyclic amines) is 1. The molecular weight excluding hydrogens is 312 g/mol. The Hall–Kier alpha value is -1.50. The number of rotatable bonds is 5. The fourth-order valence-corrected chi connectivity index (χ4v) is 3.26. The molecule has 2 rings (SSSR count). The lowest BCUT2D eigenvalue weighted by molar-refractivity contribution is -0.129. The minimum absolute atomic E-state index is 0.0137. The number of nitrogens with zero attached hydrogens (tertiary/aromatic N) is 1. The summed E-state index contributed by atoms with van der Waals surface area (Å²) < 4.78 is 48.5. The Morgan fingerprint density at radius 3 is 2.50 bits per heavy atom. The summed E-state index contributed by atoms with van der Waals surface area (Å²) in [6, 6.07) is 3.44. The summed E-state index contributed by atoms with van der Waals surface area (Å²) in [4.78, 5) is 13.6. The van der Waals surface area contributed by atoms with Crippen LogP contribution >= 0.6 is 0 Å². The van der Waals surface area contributed by atoms with Crippen LogP contribution in [-0.2, 0) is 21.1 Å². The molecule has 1 atom stereocenters. The summed E-state index contributed by atoms with van der Waals surface area (Å²) in [7, 11) is -3.15. The van der Waals surface area contributed by atoms with Crippen LogP contribution in [0.25, 0.3) is 0 Å². The van der Waals surface area contributed by atoms with Crippen molar-refractivity contribution in [1.29, 1.82) is 0 Å². The van der Waals surface area contributed by atoms with E-state index in [0.717, 1.165) is 18.7 Å². The Bertz CT molecular complexity index is 641. The van der Waals surface area contributed by atoms with Gasteiger partial charge in [-0.15, -0.1) is 0 Å². The molecule has 0 aromatic heterocycles. The number of amides is 1. The van der Waals surface area contributed by atoms with Gasteiger partial charge in [-0.25, -0.2) is 17.2 Å². The third-order valence-electron chi connectivity index (χ3n) is 3.77. The van der Waals surface area contributed by atoms with E-state index in [4.69, 9.17) is 0 Å². The van der Waals surface area contributed by atoms with Gasteiger partial charge in [-0.3, -0.25) is 4.79 Å². The van der Waals surface area contributed by atoms with E-state index in [1.54, 1.807) is 4.90 Å². The van der Waals surface area contributed by atoms with Crippen molar-refractivity contribution in [3.63, 3.8) is 0 Å². The van der Waals surface area contributed by atoms with E-state index in [2.05, 4.69) is 0 Å². The predicted molar refractivity (Wildman–Crippen MR) is 79.1 cm³/mol. The van der Waals surface area contributed by atoms with Gasteiger partial charge in [0.05, 0.1) is 5.75 Å². The first-order valence-corrected chi connectivity index (χ1v) is 9.19. The van der Waals surface area contributed by atoms with Crippen molar-refractivity contribution in [2.75, 3.05) is 25.1 Å². The molecule has 22 heavy (non-hydrogen) atoms. The lowest BCUT2D eigenvalue weighted by atomic mass is 9.98. The zero-order chi connectivity index (χ0) is 16.3. The van der Waals surface area contributed by atoms with Crippen molar-refractivity contribution in [2.24, 2.45) is 5.92 Å². The van der Waals surface area contributed by atoms with E-state index >= 15 is 0 Å². The molecule has 0 aliphatic carbocycles. The Balaban J connectivity index is 1.88. The highest BCUT2D eigenvalue weighted by atomic mass is 32.2. The largest absolute Gasteiger partial charge is 0.342 e. The summed E-state index contributed by atoms with van der Waals surface area (Å²) in [5, 5.41) is 0. The molecule has 1 amide bonds. The van der Waals surface area contributed by atoms with Crippen molar-refractivity contribution in [1.82, 2.24) is 4.90 Å². The topological polar surface area (TPSA) is 54.5 Å². The van der Waals surface area contributed by atoms with Gasteiger partial charge in [-0.05, 0) is 36.5 Å². The summed E-state index contributed by atoms with van der Waals surface area (Å²) in [5.41, 5.74) is 0.577. The summed E-state index contributed by atoms with van der Waals surface area (Å²) in [5.74, 6) is -1.40. The van der Waals surface area contributed by atoms with Crippen molar-refractivity contribution < 1.29 is 22.0 Å². The molecule has 7 heteroatoms. The average Bonchev–Trinajstić information content (AvgIpc) is 2.82. The van der Waals surface area contributed by atoms with Crippen LogP contribution in [0.4, 0.5) is 8.78 Å². The molecule has 0 N–H and O–H groups in total. The second kappa shape index (κ2) is 6.73. The summed E-state index contributed by atoms with van der Waals surface area (Å²) in [6.07, 6.45) is 2.35. The Kier molecular flexibility index (Phi) is 5.16. The molecule has 4 nitrogen and oxygen atoms in total. The number of hydrogen-bond donors (Lipinski definition) is 0. The van der Waals surface area contributed by atoms with Crippen LogP contribution in [0, 0.1) is 17.6 Å². The molecule has 0 bridgehead atoms. The smallest absolute Gasteiger partial charge is 0.223 e. The van der Waals surface area contributed by atoms with Gasteiger partial charge in [0, 0.05) is 31.8 Å². The lowest BCUT2D eigenvalue weighted by Crippen LogP contribution is -2.30. The van der Waals surface area contributed by atoms with Gasteiger partial charge in [-0.2, -0.15) is 0 Å². The van der Waals surface area contributed by atoms with Crippen molar-refractivity contribution in [2.45, 2.75) is 19.3 Å². The molecule has 1 fully saturated rings. The van der Waals surface area contributed by atoms with E-state index in [9.17, 15) is 22.0 Å². The fourth-order valence-electron chi connectivity index (χ4n) is 2.72. The highest BCUT2D eigenvalue weighted by Crippen LogP contribution is 2.22. The van der Waals surface area contributed by atoms with E-state index in [-0.39, 0.29) is 24.0 Å². The molecule has 1 unspecified atom stereocenters. The average molecular weight is 331 g/mol. The number of hydrogen-bond acceptors (Lipinski definition) is 3. The predicted octanol–water partition coefficient (Wildman–Crippen LogP) is 1.79. The van der Waals surface area contributed by atoms with Gasteiger partial charge < -0.3 is 4.90 Å². The molecule has 1 saturated heterocycles. The minimum atomic E-state index is -3.15. The maximum atomic E-state index is 13.2. The van der Waals surface area contributed by atoms with Crippen molar-refractivity contribution in [3.8, 4) is 0 Å². The molecule has 0 radical (unpaired) electrons. The Morgan fingerprint density at radius 1 is 1.27 bits per heavy atom. The highest BCUT2D eigenvalue weighted by Gasteiger charge is 2.26. The molecule has 1 heterocycles. The van der Waals surface area contributed by atoms with Gasteiger partial charge in [0.2, 0.25) is 5.91 Å². The zero-order valence-corrected chi connectivity index (χ0v) is 13.2. The van der Waals surface area contributed by atoms with Crippen molar-refractivity contribution in [3.05, 3.63) is 35.4 Å². The highest BCUT2D eigenvalue weighted by molar-refractivity contribution is 7.90. The first-order valence-electron chi connectivity index (χ1n) is 7.13. The Labute approximate surface area is 129 Å². The summed E-state index contributed by atoms with van der Waals surface area (Å²) in [6.45, 7) is 1.06. The lowest BCUT2D eigenvalue weighted by Gasteiger charge is -2.16. The second-order valence-electron chi connectivity index (χ2n) is 5.86. The number of carbonyl (C=O) groups is 1. The normalized spacial score (nSPS) is 18.7. The minimum Gasteiger partial charge on any atom is -0.342 e. The first-order chi connectivity index (χ1) is 10.2. The molecule has 1 aromatic carbocycles. The van der Waals surface area contributed by atoms with Gasteiger partial charge in [0.25, 0.3) is 0 Å². The standard InChI is InChI=1S/C15H19F2NO3S/c1-22(20,21)5-3-15(19)18-4-2-11(10-18)6-12-7-13(16)9-14(17)8-12/h7-9,11H,2-6,10H2,1H3. The quantitative estimate of drug-likeness (QED) is 0.827. The van der Waals surface area contributed by atoms with Crippen LogP contribution in [0.2, 0.25) is 0 Å². The Morgan fingerprint density at radius 2 is 1.91 bits per heavy atom. The van der Waals surface area contributed by atoms with E-state index < -0.39 is 21.5 Å². The van der Waals surface area contributed by atoms with Crippen LogP contribution in [0.3, 0.4) is 0 Å². The number of carbonyl (C=O) groups excluding carboxylic acids is 1. The second-order valence-corrected chi connectivity index (χ2v) is 8.12. The molecule has 0 spiro atoms. The fraction of sp³-hybridized carbons (Fsp3) is 0.533. The zero-order valence-electron chi connectivity index (χ0n) is 12.4. The molecule has 1 aliphatic heterocycles. The van der Waals surface area contributed by atoms with Crippen LogP contribution < -0.4 is 0 Å². The van der Waals surface area contributed by atoms with E-state index in [1.807, 2.05) is 0 Å². The third-order valence-corrected chi connectivity index (χ3v) is 4.72. The van der Waals surface area contributed by atoms with Gasteiger partial charge in [0.15, 0.2) is 0 Å². The van der Waals surface area contributed by atoms with E-state index in [0.29, 0.717) is 25.1 Å². The van der Waals surface area contributed by atoms with Crippen LogP contribution in [0.15, 0.2) is 18.2 Å². The van der Waals surface area contributed by atoms with Crippen LogP contribution in [0.1, 0.15) is 18.4 Å². The SMILES string of the molecule is CS(=O)(=O)CCC(=O)N1CCC(Cc2cc(F)cc(F)c2)C1. The number of benzene rings is 1. The maximum Gasteiger partial charge on any atom is 0.223 e. The molecular formula is C15H19F2NO3S. The first kappa shape index (κ1) is 16.9. The molecule has 1 aromatic rings. The molecule has 0 saturated carbocycles. The third kappa shape index (κ3) is 5.05. The monoisotopic (exact) mass is 331 g/mol. The number of halogens is 2. The van der Waals surface area contributed by atoms with E-state index in [1.165, 1.54) is 12.1 Å². The van der Waals surface area contributed by atoms with Gasteiger partial charge in [-0.1, -0.05) is 0 Å². The van der Waals surface area contributed by atoms with Gasteiger partial charge >= 0.3 is 0 Å². The maximum absolute atomic E-state index is 13.2. The van der Waals surface area contributed by atoms with Crippen molar-refractivity contribution >= 4 is 15.7 Å². The van der Waals surface area contributed by atoms with Crippen LogP contribution in [0.5, 0.6) is 0 Å². The molecule has 1 aliphatic rings. The molecule has 122 valence electrons. The summed E-state index contributed by atoms with van der Waals surface area (Å²) >= 11 is 0. The number of sulfone groups is 1.